The maximum atomic E-state index is 12.0. The molecule has 1 heterocycles. The third-order valence-electron chi connectivity index (χ3n) is 3.52. The van der Waals surface area contributed by atoms with Crippen molar-refractivity contribution in [2.24, 2.45) is 5.41 Å². The van der Waals surface area contributed by atoms with Crippen molar-refractivity contribution < 1.29 is 19.4 Å². The fourth-order valence-corrected chi connectivity index (χ4v) is 2.57. The summed E-state index contributed by atoms with van der Waals surface area (Å²) in [4.78, 5) is 24.5. The van der Waals surface area contributed by atoms with Gasteiger partial charge in [0.05, 0.1) is 0 Å². The summed E-state index contributed by atoms with van der Waals surface area (Å²) in [5, 5.41) is 9.13. The zero-order valence-electron chi connectivity index (χ0n) is 10.7. The second-order valence-corrected chi connectivity index (χ2v) is 6.32. The number of hydrogen-bond acceptors (Lipinski definition) is 3. The molecule has 1 saturated heterocycles. The molecule has 0 aromatic rings. The summed E-state index contributed by atoms with van der Waals surface area (Å²) >= 11 is 0. The van der Waals surface area contributed by atoms with Crippen LogP contribution in [-0.4, -0.2) is 39.8 Å². The van der Waals surface area contributed by atoms with Gasteiger partial charge in [-0.1, -0.05) is 6.92 Å². The van der Waals surface area contributed by atoms with Gasteiger partial charge in [0.15, 0.2) is 0 Å². The van der Waals surface area contributed by atoms with Crippen LogP contribution in [0.25, 0.3) is 0 Å². The lowest BCUT2D eigenvalue weighted by Gasteiger charge is -2.28. The van der Waals surface area contributed by atoms with Crippen LogP contribution in [-0.2, 0) is 9.53 Å². The van der Waals surface area contributed by atoms with Crippen LogP contribution in [0.15, 0.2) is 0 Å². The van der Waals surface area contributed by atoms with Crippen LogP contribution in [0.2, 0.25) is 0 Å². The number of carboxylic acid groups (broad SMARTS) is 1. The van der Waals surface area contributed by atoms with Gasteiger partial charge in [-0.05, 0) is 39.0 Å². The zero-order chi connectivity index (χ0) is 13.0. The first-order valence-electron chi connectivity index (χ1n) is 5.88. The second kappa shape index (κ2) is 3.37. The molecule has 96 valence electrons. The summed E-state index contributed by atoms with van der Waals surface area (Å²) in [7, 11) is 0. The Morgan fingerprint density at radius 3 is 2.41 bits per heavy atom. The van der Waals surface area contributed by atoms with E-state index in [2.05, 4.69) is 0 Å². The number of ether oxygens (including phenoxy) is 1. The fraction of sp³-hybridized carbons (Fsp3) is 0.833. The minimum atomic E-state index is -0.940. The molecule has 1 amide bonds. The number of carboxylic acids is 1. The van der Waals surface area contributed by atoms with Crippen LogP contribution in [0.1, 0.15) is 40.5 Å². The van der Waals surface area contributed by atoms with E-state index in [4.69, 9.17) is 9.84 Å². The lowest BCUT2D eigenvalue weighted by Crippen LogP contribution is -2.45. The number of aliphatic carboxylic acids is 1. The van der Waals surface area contributed by atoms with Gasteiger partial charge in [-0.3, -0.25) is 4.90 Å². The number of rotatable bonds is 1. The molecule has 17 heavy (non-hydrogen) atoms. The van der Waals surface area contributed by atoms with Gasteiger partial charge in [0.2, 0.25) is 0 Å². The van der Waals surface area contributed by atoms with Gasteiger partial charge in [-0.2, -0.15) is 0 Å². The molecule has 2 fully saturated rings. The van der Waals surface area contributed by atoms with E-state index >= 15 is 0 Å². The summed E-state index contributed by atoms with van der Waals surface area (Å²) in [5.74, 6) is -0.940. The number of hydrogen-bond donors (Lipinski definition) is 1. The van der Waals surface area contributed by atoms with Crippen LogP contribution in [0.3, 0.4) is 0 Å². The van der Waals surface area contributed by atoms with Gasteiger partial charge in [-0.15, -0.1) is 0 Å². The molecule has 5 heteroatoms. The number of likely N-dealkylation sites (tertiary alicyclic amines) is 1. The average Bonchev–Trinajstić information content (AvgIpc) is 2.65. The van der Waals surface area contributed by atoms with Crippen molar-refractivity contribution in [3.8, 4) is 0 Å². The SMILES string of the molecule is CC(C)(C)OC(=O)N1[C@H]2C[C@@]2(C)C[C@H]1C(=O)O. The largest absolute Gasteiger partial charge is 0.480 e. The Kier molecular flexibility index (Phi) is 2.42. The standard InChI is InChI=1S/C12H19NO4/c1-11(2,3)17-10(16)13-7(9(14)15)5-12(4)6-8(12)13/h7-8H,5-6H2,1-4H3,(H,14,15)/t7-,8-,12+/m0/s1. The molecule has 1 saturated carbocycles. The van der Waals surface area contributed by atoms with E-state index in [1.807, 2.05) is 6.92 Å². The Labute approximate surface area is 101 Å². The van der Waals surface area contributed by atoms with Crippen LogP contribution in [0.4, 0.5) is 4.79 Å². The third-order valence-corrected chi connectivity index (χ3v) is 3.52. The molecular formula is C12H19NO4. The Bertz CT molecular complexity index is 373. The molecule has 2 rings (SSSR count). The fourth-order valence-electron chi connectivity index (χ4n) is 2.57. The van der Waals surface area contributed by atoms with Crippen LogP contribution >= 0.6 is 0 Å². The van der Waals surface area contributed by atoms with E-state index in [1.165, 1.54) is 4.90 Å². The van der Waals surface area contributed by atoms with E-state index in [0.717, 1.165) is 6.42 Å². The number of nitrogens with zero attached hydrogens (tertiary/aromatic N) is 1. The molecule has 0 spiro atoms. The van der Waals surface area contributed by atoms with E-state index in [-0.39, 0.29) is 11.5 Å². The van der Waals surface area contributed by atoms with Gasteiger partial charge in [0.1, 0.15) is 11.6 Å². The topological polar surface area (TPSA) is 66.8 Å². The Hall–Kier alpha value is -1.26. The molecule has 1 aliphatic heterocycles. The van der Waals surface area contributed by atoms with Crippen molar-refractivity contribution in [3.63, 3.8) is 0 Å². The number of amides is 1. The number of fused-ring (bicyclic) bond motifs is 1. The maximum Gasteiger partial charge on any atom is 0.411 e. The summed E-state index contributed by atoms with van der Waals surface area (Å²) in [6.07, 6.45) is 0.915. The van der Waals surface area contributed by atoms with Crippen molar-refractivity contribution in [1.82, 2.24) is 4.90 Å². The minimum Gasteiger partial charge on any atom is -0.480 e. The average molecular weight is 241 g/mol. The highest BCUT2D eigenvalue weighted by molar-refractivity contribution is 5.82. The summed E-state index contributed by atoms with van der Waals surface area (Å²) in [5.41, 5.74) is -0.603. The first kappa shape index (κ1) is 12.2. The normalized spacial score (nSPS) is 35.4. The lowest BCUT2D eigenvalue weighted by molar-refractivity contribution is -0.142. The third kappa shape index (κ3) is 2.10. The van der Waals surface area contributed by atoms with Crippen LogP contribution < -0.4 is 0 Å². The number of piperidine rings is 1. The Balaban J connectivity index is 2.13. The predicted octanol–water partition coefficient (Wildman–Crippen LogP) is 1.86. The zero-order valence-corrected chi connectivity index (χ0v) is 10.7. The lowest BCUT2D eigenvalue weighted by atomic mass is 10.0. The van der Waals surface area contributed by atoms with E-state index in [1.54, 1.807) is 20.8 Å². The first-order chi connectivity index (χ1) is 7.64. The minimum absolute atomic E-state index is 0.0139. The van der Waals surface area contributed by atoms with Crippen molar-refractivity contribution in [2.75, 3.05) is 0 Å². The maximum absolute atomic E-state index is 12.0. The molecule has 0 radical (unpaired) electrons. The van der Waals surface area contributed by atoms with Gasteiger partial charge >= 0.3 is 12.1 Å². The highest BCUT2D eigenvalue weighted by atomic mass is 16.6. The van der Waals surface area contributed by atoms with Gasteiger partial charge in [0, 0.05) is 6.04 Å². The highest BCUT2D eigenvalue weighted by Crippen LogP contribution is 2.59. The van der Waals surface area contributed by atoms with Crippen molar-refractivity contribution in [1.29, 1.82) is 0 Å². The molecule has 0 bridgehead atoms. The smallest absolute Gasteiger partial charge is 0.411 e. The first-order valence-corrected chi connectivity index (χ1v) is 5.88. The summed E-state index contributed by atoms with van der Waals surface area (Å²) in [6.45, 7) is 7.37. The second-order valence-electron chi connectivity index (χ2n) is 6.32. The monoisotopic (exact) mass is 241 g/mol. The molecule has 3 atom stereocenters. The van der Waals surface area contributed by atoms with E-state index in [0.29, 0.717) is 6.42 Å². The van der Waals surface area contributed by atoms with Crippen molar-refractivity contribution in [3.05, 3.63) is 0 Å². The molecule has 0 aromatic carbocycles. The Morgan fingerprint density at radius 1 is 1.35 bits per heavy atom. The molecule has 5 nitrogen and oxygen atoms in total. The molecular weight excluding hydrogens is 222 g/mol. The van der Waals surface area contributed by atoms with Crippen LogP contribution in [0, 0.1) is 5.41 Å². The van der Waals surface area contributed by atoms with E-state index in [9.17, 15) is 9.59 Å². The molecule has 0 aromatic heterocycles. The molecule has 0 unspecified atom stereocenters. The predicted molar refractivity (Wildman–Crippen MR) is 60.6 cm³/mol. The van der Waals surface area contributed by atoms with Crippen molar-refractivity contribution >= 4 is 12.1 Å². The molecule has 1 aliphatic carbocycles. The van der Waals surface area contributed by atoms with E-state index < -0.39 is 23.7 Å². The molecule has 2 aliphatic rings. The summed E-state index contributed by atoms with van der Waals surface area (Å²) in [6, 6.07) is -0.688. The Morgan fingerprint density at radius 2 is 1.94 bits per heavy atom. The van der Waals surface area contributed by atoms with Gasteiger partial charge in [0.25, 0.3) is 0 Å². The molecule has 1 N–H and O–H groups in total. The quantitative estimate of drug-likeness (QED) is 0.761. The van der Waals surface area contributed by atoms with Gasteiger partial charge < -0.3 is 9.84 Å². The van der Waals surface area contributed by atoms with Gasteiger partial charge in [-0.25, -0.2) is 9.59 Å². The highest BCUT2D eigenvalue weighted by Gasteiger charge is 2.65. The van der Waals surface area contributed by atoms with Crippen LogP contribution in [0.5, 0.6) is 0 Å². The summed E-state index contributed by atoms with van der Waals surface area (Å²) < 4.78 is 5.27. The number of carbonyl (C=O) groups is 2. The number of carbonyl (C=O) groups excluding carboxylic acids is 1. The van der Waals surface area contributed by atoms with Crippen molar-refractivity contribution in [2.45, 2.75) is 58.2 Å².